The van der Waals surface area contributed by atoms with Crippen LogP contribution < -0.4 is 4.90 Å². The molecule has 300 valence electrons. The van der Waals surface area contributed by atoms with Crippen LogP contribution in [0.2, 0.25) is 0 Å². The van der Waals surface area contributed by atoms with Gasteiger partial charge in [-0.2, -0.15) is 0 Å². The van der Waals surface area contributed by atoms with Crippen LogP contribution in [-0.4, -0.2) is 0 Å². The molecule has 1 heterocycles. The second-order valence-electron chi connectivity index (χ2n) is 18.8. The highest BCUT2D eigenvalue weighted by atomic mass is 32.1. The van der Waals surface area contributed by atoms with Gasteiger partial charge in [0.1, 0.15) is 0 Å². The minimum Gasteiger partial charge on any atom is -0.310 e. The lowest BCUT2D eigenvalue weighted by atomic mass is 9.67. The van der Waals surface area contributed by atoms with E-state index < -0.39 is 5.41 Å². The Kier molecular flexibility index (Phi) is 7.57. The molecule has 63 heavy (non-hydrogen) atoms. The Morgan fingerprint density at radius 1 is 0.365 bits per heavy atom. The van der Waals surface area contributed by atoms with E-state index in [1.165, 1.54) is 104 Å². The second-order valence-corrected chi connectivity index (χ2v) is 19.8. The fourth-order valence-corrected chi connectivity index (χ4v) is 13.3. The Morgan fingerprint density at radius 3 is 1.60 bits per heavy atom. The van der Waals surface area contributed by atoms with E-state index in [9.17, 15) is 0 Å². The standard InChI is InChI=1S/C61H45NS/c1-59(2)49-27-14-11-25-46(49)57-52(59)30-18-31-55(57)62(39-33-34-44-41-21-8-13-26-48(41)60(3,4)53(44)36-39)40-35-47-45-24-12-17-32-56(45)63-58(47)54(37-40)61(38-19-6-5-7-20-38)50-28-15-9-22-42(50)43-23-10-16-29-51(43)61/h5-37H,1-4H3. The molecule has 1 aromatic heterocycles. The number of fused-ring (bicyclic) bond motifs is 12. The second kappa shape index (κ2) is 13.0. The molecule has 0 atom stereocenters. The molecule has 0 radical (unpaired) electrons. The lowest BCUT2D eigenvalue weighted by molar-refractivity contribution is 0.660. The van der Waals surface area contributed by atoms with Gasteiger partial charge in [-0.3, -0.25) is 0 Å². The van der Waals surface area contributed by atoms with Crippen molar-refractivity contribution >= 4 is 48.6 Å². The van der Waals surface area contributed by atoms with Gasteiger partial charge < -0.3 is 4.90 Å². The van der Waals surface area contributed by atoms with Crippen molar-refractivity contribution in [2.24, 2.45) is 0 Å². The zero-order valence-electron chi connectivity index (χ0n) is 35.9. The largest absolute Gasteiger partial charge is 0.310 e. The lowest BCUT2D eigenvalue weighted by Gasteiger charge is -2.36. The molecule has 0 amide bonds. The molecule has 0 spiro atoms. The maximum absolute atomic E-state index is 2.61. The molecule has 2 heteroatoms. The minimum atomic E-state index is -0.579. The van der Waals surface area contributed by atoms with Gasteiger partial charge in [-0.05, 0) is 109 Å². The average Bonchev–Trinajstić information content (AvgIpc) is 3.99. The van der Waals surface area contributed by atoms with E-state index in [1.807, 2.05) is 11.3 Å². The monoisotopic (exact) mass is 823 g/mol. The van der Waals surface area contributed by atoms with Crippen molar-refractivity contribution in [2.75, 3.05) is 4.90 Å². The first-order chi connectivity index (χ1) is 30.8. The number of hydrogen-bond donors (Lipinski definition) is 0. The lowest BCUT2D eigenvalue weighted by Crippen LogP contribution is -2.29. The van der Waals surface area contributed by atoms with Crippen molar-refractivity contribution in [2.45, 2.75) is 43.9 Å². The normalized spacial score (nSPS) is 15.4. The van der Waals surface area contributed by atoms with Crippen molar-refractivity contribution < 1.29 is 0 Å². The first-order valence-electron chi connectivity index (χ1n) is 22.3. The van der Waals surface area contributed by atoms with E-state index in [4.69, 9.17) is 0 Å². The molecule has 3 aliphatic carbocycles. The van der Waals surface area contributed by atoms with Crippen LogP contribution in [0.1, 0.15) is 72.2 Å². The Bertz CT molecular complexity index is 3480. The van der Waals surface area contributed by atoms with Crippen LogP contribution in [0.3, 0.4) is 0 Å². The van der Waals surface area contributed by atoms with Crippen LogP contribution in [0, 0.1) is 0 Å². The first kappa shape index (κ1) is 36.6. The number of nitrogens with zero attached hydrogens (tertiary/aromatic N) is 1. The van der Waals surface area contributed by atoms with Crippen molar-refractivity contribution in [3.63, 3.8) is 0 Å². The van der Waals surface area contributed by atoms with Crippen molar-refractivity contribution in [1.82, 2.24) is 0 Å². The summed E-state index contributed by atoms with van der Waals surface area (Å²) in [4.78, 5) is 2.61. The van der Waals surface area contributed by atoms with E-state index >= 15 is 0 Å². The zero-order valence-corrected chi connectivity index (χ0v) is 36.7. The molecule has 0 saturated carbocycles. The van der Waals surface area contributed by atoms with Crippen LogP contribution in [0.4, 0.5) is 17.1 Å². The molecule has 1 nitrogen and oxygen atoms in total. The summed E-state index contributed by atoms with van der Waals surface area (Å²) in [6, 6.07) is 76.0. The smallest absolute Gasteiger partial charge is 0.0728 e. The molecule has 10 aromatic rings. The van der Waals surface area contributed by atoms with Crippen LogP contribution in [0.25, 0.3) is 53.6 Å². The topological polar surface area (TPSA) is 3.24 Å². The van der Waals surface area contributed by atoms with E-state index in [1.54, 1.807) is 0 Å². The minimum absolute atomic E-state index is 0.150. The van der Waals surface area contributed by atoms with E-state index in [0.29, 0.717) is 0 Å². The Morgan fingerprint density at radius 2 is 0.889 bits per heavy atom. The van der Waals surface area contributed by atoms with Gasteiger partial charge in [-0.15, -0.1) is 11.3 Å². The Balaban J connectivity index is 1.18. The van der Waals surface area contributed by atoms with Crippen LogP contribution in [0.5, 0.6) is 0 Å². The molecule has 3 aliphatic rings. The summed E-state index contributed by atoms with van der Waals surface area (Å²) in [5, 5.41) is 2.58. The van der Waals surface area contributed by atoms with Gasteiger partial charge in [-0.1, -0.05) is 191 Å². The fraction of sp³-hybridized carbons (Fsp3) is 0.115. The summed E-state index contributed by atoms with van der Waals surface area (Å²) in [7, 11) is 0. The molecule has 0 aliphatic heterocycles. The van der Waals surface area contributed by atoms with Crippen LogP contribution >= 0.6 is 11.3 Å². The first-order valence-corrected chi connectivity index (χ1v) is 23.1. The molecular formula is C61H45NS. The molecule has 0 bridgehead atoms. The summed E-state index contributed by atoms with van der Waals surface area (Å²) in [5.74, 6) is 0. The summed E-state index contributed by atoms with van der Waals surface area (Å²) in [6.07, 6.45) is 0. The van der Waals surface area contributed by atoms with Gasteiger partial charge in [0.05, 0.1) is 11.1 Å². The fourth-order valence-electron chi connectivity index (χ4n) is 12.1. The van der Waals surface area contributed by atoms with Crippen LogP contribution in [-0.2, 0) is 16.2 Å². The molecular weight excluding hydrogens is 779 g/mol. The summed E-state index contributed by atoms with van der Waals surface area (Å²) >= 11 is 1.93. The van der Waals surface area contributed by atoms with Gasteiger partial charge in [0, 0.05) is 47.9 Å². The van der Waals surface area contributed by atoms with Crippen LogP contribution in [0.15, 0.2) is 200 Å². The Hall–Kier alpha value is -7.00. The summed E-state index contributed by atoms with van der Waals surface area (Å²) in [6.45, 7) is 9.57. The van der Waals surface area contributed by atoms with Gasteiger partial charge >= 0.3 is 0 Å². The maximum Gasteiger partial charge on any atom is 0.0728 e. The van der Waals surface area contributed by atoms with Crippen molar-refractivity contribution in [3.8, 4) is 33.4 Å². The number of hydrogen-bond acceptors (Lipinski definition) is 2. The highest BCUT2D eigenvalue weighted by molar-refractivity contribution is 7.26. The summed E-state index contributed by atoms with van der Waals surface area (Å²) < 4.78 is 2.62. The quantitative estimate of drug-likeness (QED) is 0.167. The number of benzene rings is 9. The number of anilines is 3. The van der Waals surface area contributed by atoms with Gasteiger partial charge in [0.2, 0.25) is 0 Å². The van der Waals surface area contributed by atoms with E-state index in [0.717, 1.165) is 11.4 Å². The maximum atomic E-state index is 2.61. The highest BCUT2D eigenvalue weighted by Crippen LogP contribution is 2.61. The zero-order chi connectivity index (χ0) is 42.2. The van der Waals surface area contributed by atoms with Gasteiger partial charge in [0.25, 0.3) is 0 Å². The van der Waals surface area contributed by atoms with Crippen molar-refractivity contribution in [1.29, 1.82) is 0 Å². The molecule has 9 aromatic carbocycles. The SMILES string of the molecule is CC1(C)c2ccccc2-c2ccc(N(c3cc(C4(c5ccccc5)c5ccccc5-c5ccccc54)c4sc5ccccc5c4c3)c3cccc4c3-c3ccccc3C4(C)C)cc21. The highest BCUT2D eigenvalue weighted by Gasteiger charge is 2.48. The molecule has 13 rings (SSSR count). The third-order valence-electron chi connectivity index (χ3n) is 14.9. The predicted molar refractivity (Wildman–Crippen MR) is 266 cm³/mol. The molecule has 0 fully saturated rings. The van der Waals surface area contributed by atoms with E-state index in [-0.39, 0.29) is 10.8 Å². The number of thiophene rings is 1. The van der Waals surface area contributed by atoms with Crippen molar-refractivity contribution in [3.05, 3.63) is 245 Å². The molecule has 0 N–H and O–H groups in total. The van der Waals surface area contributed by atoms with Gasteiger partial charge in [0.15, 0.2) is 0 Å². The molecule has 0 saturated heterocycles. The van der Waals surface area contributed by atoms with Gasteiger partial charge in [-0.25, -0.2) is 0 Å². The third kappa shape index (κ3) is 4.82. The summed E-state index contributed by atoms with van der Waals surface area (Å²) in [5.41, 5.74) is 21.2. The predicted octanol–water partition coefficient (Wildman–Crippen LogP) is 16.5. The molecule has 0 unspecified atom stereocenters. The third-order valence-corrected chi connectivity index (χ3v) is 16.2. The Labute approximate surface area is 373 Å². The number of rotatable bonds is 5. The van der Waals surface area contributed by atoms with E-state index in [2.05, 4.69) is 233 Å². The average molecular weight is 824 g/mol.